The first kappa shape index (κ1) is 7.26. The molecule has 1 aliphatic heterocycles. The van der Waals surface area contributed by atoms with Crippen molar-refractivity contribution >= 4 is 8.03 Å². The zero-order valence-corrected chi connectivity index (χ0v) is 6.55. The quantitative estimate of drug-likeness (QED) is 0.464. The average molecular weight is 150 g/mol. The van der Waals surface area contributed by atoms with Crippen LogP contribution in [0.2, 0.25) is 0 Å². The maximum atomic E-state index is 10.6. The van der Waals surface area contributed by atoms with E-state index in [1.54, 1.807) is 13.8 Å². The van der Waals surface area contributed by atoms with Crippen LogP contribution in [0.15, 0.2) is 0 Å². The van der Waals surface area contributed by atoms with Crippen molar-refractivity contribution in [1.29, 1.82) is 0 Å². The first-order valence-electron chi connectivity index (χ1n) is 2.90. The van der Waals surface area contributed by atoms with Crippen molar-refractivity contribution in [2.24, 2.45) is 0 Å². The molecule has 0 aromatic carbocycles. The number of rotatable bonds is 2. The first-order valence-corrected chi connectivity index (χ1v) is 4.25. The van der Waals surface area contributed by atoms with E-state index in [9.17, 15) is 4.57 Å². The summed E-state index contributed by atoms with van der Waals surface area (Å²) >= 11 is 0. The Morgan fingerprint density at radius 3 is 2.33 bits per heavy atom. The lowest BCUT2D eigenvalue weighted by molar-refractivity contribution is 0.351. The summed E-state index contributed by atoms with van der Waals surface area (Å²) in [7, 11) is -2.42. The minimum absolute atomic E-state index is 0.0221. The maximum absolute atomic E-state index is 10.6. The Bertz CT molecular complexity index is 139. The fourth-order valence-corrected chi connectivity index (χ4v) is 1.04. The smallest absolute Gasteiger partial charge is 0.197 e. The van der Waals surface area contributed by atoms with Crippen LogP contribution in [0.1, 0.15) is 13.8 Å². The van der Waals surface area contributed by atoms with E-state index in [4.69, 9.17) is 9.63 Å². The predicted molar refractivity (Wildman–Crippen MR) is 35.0 cm³/mol. The zero-order chi connectivity index (χ0) is 7.07. The Balaban J connectivity index is 2.59. The van der Waals surface area contributed by atoms with Crippen LogP contribution in [-0.2, 0) is 9.30 Å². The van der Waals surface area contributed by atoms with Gasteiger partial charge in [0.1, 0.15) is 0 Å². The van der Waals surface area contributed by atoms with Crippen molar-refractivity contribution in [3.05, 3.63) is 0 Å². The minimum atomic E-state index is -2.42. The molecule has 0 aromatic rings. The Kier molecular flexibility index (Phi) is 1.68. The number of hydrogen-bond donors (Lipinski definition) is 1. The molecule has 1 aliphatic rings. The molecule has 0 aliphatic carbocycles. The van der Waals surface area contributed by atoms with Crippen molar-refractivity contribution < 1.29 is 14.2 Å². The molecule has 3 nitrogen and oxygen atoms in total. The number of epoxide rings is 1. The summed E-state index contributed by atoms with van der Waals surface area (Å²) in [5.41, 5.74) is 0. The van der Waals surface area contributed by atoms with Gasteiger partial charge < -0.3 is 9.63 Å². The molecule has 2 atom stereocenters. The van der Waals surface area contributed by atoms with E-state index in [0.717, 1.165) is 0 Å². The van der Waals surface area contributed by atoms with Gasteiger partial charge in [-0.2, -0.15) is 0 Å². The van der Waals surface area contributed by atoms with E-state index in [2.05, 4.69) is 0 Å². The largest absolute Gasteiger partial charge is 0.372 e. The van der Waals surface area contributed by atoms with Crippen molar-refractivity contribution in [1.82, 2.24) is 0 Å². The molecule has 1 rings (SSSR count). The summed E-state index contributed by atoms with van der Waals surface area (Å²) in [4.78, 5) is 8.76. The third-order valence-electron chi connectivity index (χ3n) is 1.69. The zero-order valence-electron chi connectivity index (χ0n) is 5.55. The summed E-state index contributed by atoms with van der Waals surface area (Å²) in [5.74, 6) is 0. The second-order valence-electron chi connectivity index (χ2n) is 2.85. The predicted octanol–water partition coefficient (Wildman–Crippen LogP) is 0.631. The van der Waals surface area contributed by atoms with E-state index in [1.807, 2.05) is 0 Å². The molecule has 1 heterocycles. The van der Waals surface area contributed by atoms with Gasteiger partial charge in [0, 0.05) is 0 Å². The Labute approximate surface area is 54.9 Å². The lowest BCUT2D eigenvalue weighted by atomic mass is 10.1. The van der Waals surface area contributed by atoms with E-state index in [-0.39, 0.29) is 6.10 Å². The minimum Gasteiger partial charge on any atom is -0.372 e. The van der Waals surface area contributed by atoms with Gasteiger partial charge in [-0.15, -0.1) is 0 Å². The molecule has 54 valence electrons. The molecule has 0 spiro atoms. The SMILES string of the molecule is CC(C)(C1CO1)[PH](=O)O. The van der Waals surface area contributed by atoms with Gasteiger partial charge in [0.25, 0.3) is 0 Å². The molecule has 9 heavy (non-hydrogen) atoms. The van der Waals surface area contributed by atoms with Crippen LogP contribution < -0.4 is 0 Å². The summed E-state index contributed by atoms with van der Waals surface area (Å²) in [6.07, 6.45) is 0.0221. The van der Waals surface area contributed by atoms with Crippen LogP contribution in [-0.4, -0.2) is 22.8 Å². The Morgan fingerprint density at radius 2 is 2.22 bits per heavy atom. The summed E-state index contributed by atoms with van der Waals surface area (Å²) < 4.78 is 15.5. The van der Waals surface area contributed by atoms with Crippen LogP contribution in [0.25, 0.3) is 0 Å². The normalized spacial score (nSPS) is 29.9. The third kappa shape index (κ3) is 1.34. The van der Waals surface area contributed by atoms with Gasteiger partial charge in [-0.05, 0) is 13.8 Å². The molecule has 4 heteroatoms. The highest BCUT2D eigenvalue weighted by Gasteiger charge is 2.43. The molecule has 0 saturated carbocycles. The standard InChI is InChI=1S/C5H11O3P/c1-5(2,9(6)7)4-3-8-4/h4,9H,3H2,1-2H3,(H,6,7). The molecule has 0 amide bonds. The van der Waals surface area contributed by atoms with Gasteiger partial charge in [0.2, 0.25) is 0 Å². The highest BCUT2D eigenvalue weighted by atomic mass is 31.1. The summed E-state index contributed by atoms with van der Waals surface area (Å²) in [6.45, 7) is 4.15. The molecule has 0 aromatic heterocycles. The van der Waals surface area contributed by atoms with Gasteiger partial charge in [-0.3, -0.25) is 4.57 Å². The fraction of sp³-hybridized carbons (Fsp3) is 1.00. The van der Waals surface area contributed by atoms with Crippen LogP contribution in [0.3, 0.4) is 0 Å². The van der Waals surface area contributed by atoms with E-state index in [1.165, 1.54) is 0 Å². The average Bonchev–Trinajstić information content (AvgIpc) is 2.42. The molecule has 1 fully saturated rings. The topological polar surface area (TPSA) is 49.8 Å². The van der Waals surface area contributed by atoms with E-state index < -0.39 is 13.2 Å². The number of ether oxygens (including phenoxy) is 1. The maximum Gasteiger partial charge on any atom is 0.197 e. The Hall–Kier alpha value is 0.150. The highest BCUT2D eigenvalue weighted by molar-refractivity contribution is 7.40. The molecule has 0 bridgehead atoms. The van der Waals surface area contributed by atoms with Gasteiger partial charge in [0.05, 0.1) is 17.9 Å². The van der Waals surface area contributed by atoms with Crippen LogP contribution >= 0.6 is 8.03 Å². The van der Waals surface area contributed by atoms with Gasteiger partial charge in [0.15, 0.2) is 8.03 Å². The first-order chi connectivity index (χ1) is 4.05. The second-order valence-corrected chi connectivity index (χ2v) is 4.75. The van der Waals surface area contributed by atoms with Crippen LogP contribution in [0, 0.1) is 0 Å². The van der Waals surface area contributed by atoms with Crippen LogP contribution in [0.4, 0.5) is 0 Å². The third-order valence-corrected chi connectivity index (χ3v) is 3.11. The molecule has 2 unspecified atom stereocenters. The number of hydrogen-bond acceptors (Lipinski definition) is 2. The summed E-state index contributed by atoms with van der Waals surface area (Å²) in [5, 5.41) is -0.509. The van der Waals surface area contributed by atoms with Gasteiger partial charge in [-0.25, -0.2) is 0 Å². The molecular weight excluding hydrogens is 139 g/mol. The van der Waals surface area contributed by atoms with E-state index >= 15 is 0 Å². The molecular formula is C5H11O3P. The second kappa shape index (κ2) is 2.08. The van der Waals surface area contributed by atoms with Gasteiger partial charge in [-0.1, -0.05) is 0 Å². The van der Waals surface area contributed by atoms with Gasteiger partial charge >= 0.3 is 0 Å². The lowest BCUT2D eigenvalue weighted by Gasteiger charge is -2.16. The van der Waals surface area contributed by atoms with Crippen molar-refractivity contribution in [3.63, 3.8) is 0 Å². The van der Waals surface area contributed by atoms with Crippen molar-refractivity contribution in [3.8, 4) is 0 Å². The Morgan fingerprint density at radius 1 is 1.78 bits per heavy atom. The molecule has 0 radical (unpaired) electrons. The molecule has 1 saturated heterocycles. The lowest BCUT2D eigenvalue weighted by Crippen LogP contribution is -2.22. The van der Waals surface area contributed by atoms with Crippen molar-refractivity contribution in [2.75, 3.05) is 6.61 Å². The van der Waals surface area contributed by atoms with Crippen LogP contribution in [0.5, 0.6) is 0 Å². The fourth-order valence-electron chi connectivity index (χ4n) is 0.602. The monoisotopic (exact) mass is 150 g/mol. The summed E-state index contributed by atoms with van der Waals surface area (Å²) in [6, 6.07) is 0. The highest BCUT2D eigenvalue weighted by Crippen LogP contribution is 2.43. The van der Waals surface area contributed by atoms with E-state index in [0.29, 0.717) is 6.61 Å². The molecule has 1 N–H and O–H groups in total. The van der Waals surface area contributed by atoms with Crippen molar-refractivity contribution in [2.45, 2.75) is 25.1 Å².